The molecule has 0 rings (SSSR count). The van der Waals surface area contributed by atoms with Crippen molar-refractivity contribution >= 4 is 42.3 Å². The second-order valence-corrected chi connectivity index (χ2v) is 7.42. The molecule has 11 nitrogen and oxygen atoms in total. The Morgan fingerprint density at radius 2 is 1.34 bits per heavy atom. The first kappa shape index (κ1) is 26.7. The molecule has 4 unspecified atom stereocenters. The van der Waals surface area contributed by atoms with Gasteiger partial charge in [0.05, 0.1) is 6.04 Å². The molecule has 12 heteroatoms. The number of rotatable bonds is 13. The first-order valence-electron chi connectivity index (χ1n) is 9.11. The van der Waals surface area contributed by atoms with E-state index in [0.717, 1.165) is 0 Å². The van der Waals surface area contributed by atoms with Crippen LogP contribution in [0.4, 0.5) is 0 Å². The number of carboxylic acid groups (broad SMARTS) is 2. The Balaban J connectivity index is 5.39. The normalized spacial score (nSPS) is 15.0. The van der Waals surface area contributed by atoms with Crippen LogP contribution in [0.3, 0.4) is 0 Å². The standard InChI is InChI=1S/C17H30N4O7S/c1-8(2)6-11(20-14(24)9(3)18)16(26)19-10(4-5-13(22)23)15(25)21-12(7-29)17(27)28/h8-12,29H,4-7,18H2,1-3H3,(H,19,26)(H,20,24)(H,21,25)(H,22,23)(H,27,28). The van der Waals surface area contributed by atoms with E-state index in [4.69, 9.17) is 15.9 Å². The fraction of sp³-hybridized carbons (Fsp3) is 0.706. The van der Waals surface area contributed by atoms with Crippen LogP contribution in [0, 0.1) is 5.92 Å². The minimum Gasteiger partial charge on any atom is -0.481 e. The summed E-state index contributed by atoms with van der Waals surface area (Å²) in [5.41, 5.74) is 5.51. The predicted molar refractivity (Wildman–Crippen MR) is 107 cm³/mol. The minimum atomic E-state index is -1.32. The van der Waals surface area contributed by atoms with Gasteiger partial charge in [0.1, 0.15) is 18.1 Å². The van der Waals surface area contributed by atoms with Crippen LogP contribution in [0.25, 0.3) is 0 Å². The number of aliphatic carboxylic acids is 2. The number of nitrogens with two attached hydrogens (primary N) is 1. The van der Waals surface area contributed by atoms with Crippen molar-refractivity contribution in [2.75, 3.05) is 5.75 Å². The van der Waals surface area contributed by atoms with E-state index in [0.29, 0.717) is 0 Å². The van der Waals surface area contributed by atoms with Gasteiger partial charge in [-0.2, -0.15) is 12.6 Å². The van der Waals surface area contributed by atoms with Gasteiger partial charge in [-0.15, -0.1) is 0 Å². The van der Waals surface area contributed by atoms with Crippen molar-refractivity contribution < 1.29 is 34.2 Å². The number of thiol groups is 1. The molecule has 7 N–H and O–H groups in total. The molecule has 166 valence electrons. The van der Waals surface area contributed by atoms with Crippen molar-refractivity contribution in [2.45, 2.75) is 64.2 Å². The highest BCUT2D eigenvalue weighted by Gasteiger charge is 2.30. The van der Waals surface area contributed by atoms with Crippen molar-refractivity contribution in [3.63, 3.8) is 0 Å². The molecule has 0 aromatic heterocycles. The van der Waals surface area contributed by atoms with Crippen LogP contribution >= 0.6 is 12.6 Å². The van der Waals surface area contributed by atoms with Crippen molar-refractivity contribution in [1.29, 1.82) is 0 Å². The Kier molecular flexibility index (Phi) is 11.9. The van der Waals surface area contributed by atoms with Crippen LogP contribution in [0.15, 0.2) is 0 Å². The number of amides is 3. The van der Waals surface area contributed by atoms with E-state index in [-0.39, 0.29) is 24.5 Å². The first-order valence-corrected chi connectivity index (χ1v) is 9.74. The Labute approximate surface area is 174 Å². The lowest BCUT2D eigenvalue weighted by molar-refractivity contribution is -0.142. The lowest BCUT2D eigenvalue weighted by Crippen LogP contribution is -2.57. The van der Waals surface area contributed by atoms with Crippen LogP contribution in [-0.4, -0.2) is 69.8 Å². The Hall–Kier alpha value is -2.34. The SMILES string of the molecule is CC(C)CC(NC(=O)C(C)N)C(=O)NC(CCC(=O)O)C(=O)NC(CS)C(=O)O. The van der Waals surface area contributed by atoms with Gasteiger partial charge in [-0.25, -0.2) is 4.79 Å². The summed E-state index contributed by atoms with van der Waals surface area (Å²) < 4.78 is 0. The van der Waals surface area contributed by atoms with E-state index in [2.05, 4.69) is 28.6 Å². The van der Waals surface area contributed by atoms with Crippen LogP contribution in [0.5, 0.6) is 0 Å². The summed E-state index contributed by atoms with van der Waals surface area (Å²) in [6.07, 6.45) is -0.439. The summed E-state index contributed by atoms with van der Waals surface area (Å²) in [5.74, 6) is -4.80. The zero-order valence-corrected chi connectivity index (χ0v) is 17.6. The van der Waals surface area contributed by atoms with Crippen molar-refractivity contribution in [3.8, 4) is 0 Å². The zero-order chi connectivity index (χ0) is 22.7. The van der Waals surface area contributed by atoms with Gasteiger partial charge in [-0.1, -0.05) is 13.8 Å². The minimum absolute atomic E-state index is 0.0194. The number of hydrogen-bond donors (Lipinski definition) is 7. The molecular formula is C17H30N4O7S. The molecule has 0 aromatic carbocycles. The van der Waals surface area contributed by atoms with Crippen LogP contribution in [0.1, 0.15) is 40.0 Å². The highest BCUT2D eigenvalue weighted by Crippen LogP contribution is 2.07. The summed E-state index contributed by atoms with van der Waals surface area (Å²) in [6, 6.07) is -4.45. The van der Waals surface area contributed by atoms with E-state index in [1.807, 2.05) is 13.8 Å². The topological polar surface area (TPSA) is 188 Å². The number of carboxylic acids is 2. The van der Waals surface area contributed by atoms with E-state index in [1.165, 1.54) is 6.92 Å². The summed E-state index contributed by atoms with van der Waals surface area (Å²) in [5, 5.41) is 25.0. The van der Waals surface area contributed by atoms with Crippen LogP contribution < -0.4 is 21.7 Å². The predicted octanol–water partition coefficient (Wildman–Crippen LogP) is -1.29. The third-order valence-corrected chi connectivity index (χ3v) is 4.20. The fourth-order valence-electron chi connectivity index (χ4n) is 2.27. The molecule has 0 aliphatic rings. The van der Waals surface area contributed by atoms with Crippen molar-refractivity contribution in [3.05, 3.63) is 0 Å². The van der Waals surface area contributed by atoms with Crippen molar-refractivity contribution in [2.24, 2.45) is 11.7 Å². The smallest absolute Gasteiger partial charge is 0.327 e. The van der Waals surface area contributed by atoms with Crippen molar-refractivity contribution in [1.82, 2.24) is 16.0 Å². The second-order valence-electron chi connectivity index (χ2n) is 7.05. The molecule has 29 heavy (non-hydrogen) atoms. The molecule has 0 aliphatic heterocycles. The number of carbonyl (C=O) groups is 5. The molecular weight excluding hydrogens is 404 g/mol. The van der Waals surface area contributed by atoms with Gasteiger partial charge < -0.3 is 31.9 Å². The summed E-state index contributed by atoms with van der Waals surface area (Å²) in [6.45, 7) is 5.11. The molecule has 0 spiro atoms. The lowest BCUT2D eigenvalue weighted by Gasteiger charge is -2.25. The van der Waals surface area contributed by atoms with Gasteiger partial charge >= 0.3 is 11.9 Å². The maximum atomic E-state index is 12.7. The van der Waals surface area contributed by atoms with E-state index in [9.17, 15) is 24.0 Å². The molecule has 0 fully saturated rings. The van der Waals surface area contributed by atoms with E-state index >= 15 is 0 Å². The average molecular weight is 435 g/mol. The lowest BCUT2D eigenvalue weighted by atomic mass is 10.0. The van der Waals surface area contributed by atoms with Gasteiger partial charge in [0.2, 0.25) is 17.7 Å². The largest absolute Gasteiger partial charge is 0.481 e. The molecule has 0 aliphatic carbocycles. The molecule has 3 amide bonds. The fourth-order valence-corrected chi connectivity index (χ4v) is 2.52. The first-order chi connectivity index (χ1) is 13.4. The molecule has 0 aromatic rings. The monoisotopic (exact) mass is 434 g/mol. The van der Waals surface area contributed by atoms with Crippen LogP contribution in [-0.2, 0) is 24.0 Å². The third kappa shape index (κ3) is 10.7. The maximum Gasteiger partial charge on any atom is 0.327 e. The second kappa shape index (κ2) is 13.0. The number of carbonyl (C=O) groups excluding carboxylic acids is 3. The highest BCUT2D eigenvalue weighted by molar-refractivity contribution is 7.80. The number of nitrogens with one attached hydrogen (secondary N) is 3. The summed E-state index contributed by atoms with van der Waals surface area (Å²) >= 11 is 3.84. The molecule has 0 saturated carbocycles. The molecule has 0 radical (unpaired) electrons. The van der Waals surface area contributed by atoms with Gasteiger partial charge in [0, 0.05) is 12.2 Å². The summed E-state index contributed by atoms with van der Waals surface area (Å²) in [4.78, 5) is 58.9. The molecule has 0 heterocycles. The summed E-state index contributed by atoms with van der Waals surface area (Å²) in [7, 11) is 0. The molecule has 0 bridgehead atoms. The average Bonchev–Trinajstić information content (AvgIpc) is 2.60. The number of hydrogen-bond acceptors (Lipinski definition) is 7. The van der Waals surface area contributed by atoms with Gasteiger partial charge in [-0.05, 0) is 25.7 Å². The van der Waals surface area contributed by atoms with E-state index in [1.54, 1.807) is 0 Å². The Morgan fingerprint density at radius 3 is 1.76 bits per heavy atom. The maximum absolute atomic E-state index is 12.7. The van der Waals surface area contributed by atoms with Crippen LogP contribution in [0.2, 0.25) is 0 Å². The van der Waals surface area contributed by atoms with Gasteiger partial charge in [-0.3, -0.25) is 19.2 Å². The van der Waals surface area contributed by atoms with E-state index < -0.39 is 60.2 Å². The Morgan fingerprint density at radius 1 is 0.862 bits per heavy atom. The highest BCUT2D eigenvalue weighted by atomic mass is 32.1. The quantitative estimate of drug-likeness (QED) is 0.174. The third-order valence-electron chi connectivity index (χ3n) is 3.83. The molecule has 0 saturated heterocycles. The van der Waals surface area contributed by atoms with Gasteiger partial charge in [0.15, 0.2) is 0 Å². The Bertz CT molecular complexity index is 613. The zero-order valence-electron chi connectivity index (χ0n) is 16.7. The van der Waals surface area contributed by atoms with Gasteiger partial charge in [0.25, 0.3) is 0 Å². The molecule has 4 atom stereocenters.